The molecular weight excluding hydrogens is 292 g/mol. The highest BCUT2D eigenvalue weighted by Crippen LogP contribution is 2.23. The molecule has 4 heteroatoms. The molecule has 1 heterocycles. The van der Waals surface area contributed by atoms with Gasteiger partial charge in [-0.2, -0.15) is 0 Å². The molecule has 0 saturated heterocycles. The molecule has 0 fully saturated rings. The first-order chi connectivity index (χ1) is 8.69. The van der Waals surface area contributed by atoms with E-state index in [0.29, 0.717) is 6.61 Å². The Morgan fingerprint density at radius 2 is 2.11 bits per heavy atom. The zero-order valence-corrected chi connectivity index (χ0v) is 12.0. The lowest BCUT2D eigenvalue weighted by molar-refractivity contribution is 0.299. The standard InChI is InChI=1S/C14H15BrN2O/c1-10-3-4-11(15)7-14(10)18-9-13-8-12(16-2)5-6-17-13/h3-8H,9H2,1-2H3,(H,16,17). The van der Waals surface area contributed by atoms with E-state index in [1.807, 2.05) is 44.3 Å². The minimum absolute atomic E-state index is 0.465. The Morgan fingerprint density at radius 1 is 1.28 bits per heavy atom. The Bertz CT molecular complexity index is 543. The van der Waals surface area contributed by atoms with Crippen LogP contribution in [-0.2, 0) is 6.61 Å². The van der Waals surface area contributed by atoms with Crippen LogP contribution in [0.2, 0.25) is 0 Å². The van der Waals surface area contributed by atoms with Crippen LogP contribution in [0.25, 0.3) is 0 Å². The van der Waals surface area contributed by atoms with Crippen LogP contribution in [0.1, 0.15) is 11.3 Å². The lowest BCUT2D eigenvalue weighted by Crippen LogP contribution is -2.00. The molecule has 0 atom stereocenters. The molecule has 0 radical (unpaired) electrons. The molecule has 1 aromatic heterocycles. The summed E-state index contributed by atoms with van der Waals surface area (Å²) in [7, 11) is 1.89. The van der Waals surface area contributed by atoms with Gasteiger partial charge in [0.15, 0.2) is 0 Å². The summed E-state index contributed by atoms with van der Waals surface area (Å²) in [5.41, 5.74) is 3.05. The number of anilines is 1. The van der Waals surface area contributed by atoms with E-state index in [-0.39, 0.29) is 0 Å². The van der Waals surface area contributed by atoms with Gasteiger partial charge in [-0.25, -0.2) is 0 Å². The number of aromatic nitrogens is 1. The number of benzene rings is 1. The molecule has 0 aliphatic rings. The van der Waals surface area contributed by atoms with E-state index in [2.05, 4.69) is 26.2 Å². The summed E-state index contributed by atoms with van der Waals surface area (Å²) in [5, 5.41) is 3.08. The molecule has 94 valence electrons. The van der Waals surface area contributed by atoms with Crippen LogP contribution in [0.4, 0.5) is 5.69 Å². The SMILES string of the molecule is CNc1ccnc(COc2cc(Br)ccc2C)c1. The smallest absolute Gasteiger partial charge is 0.130 e. The second-order valence-corrected chi connectivity index (χ2v) is 4.90. The van der Waals surface area contributed by atoms with Gasteiger partial charge in [0.25, 0.3) is 0 Å². The van der Waals surface area contributed by atoms with Gasteiger partial charge >= 0.3 is 0 Å². The maximum atomic E-state index is 5.78. The minimum Gasteiger partial charge on any atom is -0.487 e. The van der Waals surface area contributed by atoms with E-state index in [1.165, 1.54) is 0 Å². The second kappa shape index (κ2) is 5.87. The average molecular weight is 307 g/mol. The van der Waals surface area contributed by atoms with Gasteiger partial charge in [0.2, 0.25) is 0 Å². The molecular formula is C14H15BrN2O. The summed E-state index contributed by atoms with van der Waals surface area (Å²) in [6.45, 7) is 2.49. The average Bonchev–Trinajstić information content (AvgIpc) is 2.40. The van der Waals surface area contributed by atoms with Crippen molar-refractivity contribution in [3.05, 3.63) is 52.3 Å². The fourth-order valence-electron chi connectivity index (χ4n) is 1.59. The zero-order chi connectivity index (χ0) is 13.0. The van der Waals surface area contributed by atoms with Crippen LogP contribution in [0.15, 0.2) is 41.0 Å². The minimum atomic E-state index is 0.465. The first kappa shape index (κ1) is 12.9. The van der Waals surface area contributed by atoms with E-state index in [9.17, 15) is 0 Å². The third-order valence-corrected chi connectivity index (χ3v) is 3.12. The van der Waals surface area contributed by atoms with Gasteiger partial charge in [-0.05, 0) is 36.8 Å². The van der Waals surface area contributed by atoms with E-state index in [1.54, 1.807) is 6.20 Å². The number of hydrogen-bond donors (Lipinski definition) is 1. The molecule has 0 saturated carbocycles. The van der Waals surface area contributed by atoms with Crippen molar-refractivity contribution in [2.24, 2.45) is 0 Å². The van der Waals surface area contributed by atoms with Gasteiger partial charge in [0.05, 0.1) is 5.69 Å². The number of rotatable bonds is 4. The van der Waals surface area contributed by atoms with E-state index >= 15 is 0 Å². The quantitative estimate of drug-likeness (QED) is 0.933. The Labute approximate surface area is 115 Å². The third-order valence-electron chi connectivity index (χ3n) is 2.63. The fraction of sp³-hybridized carbons (Fsp3) is 0.214. The van der Waals surface area contributed by atoms with Crippen LogP contribution in [0.5, 0.6) is 5.75 Å². The summed E-state index contributed by atoms with van der Waals surface area (Å²) < 4.78 is 6.80. The molecule has 0 unspecified atom stereocenters. The molecule has 1 N–H and O–H groups in total. The largest absolute Gasteiger partial charge is 0.487 e. The zero-order valence-electron chi connectivity index (χ0n) is 10.4. The number of aryl methyl sites for hydroxylation is 1. The summed E-state index contributed by atoms with van der Waals surface area (Å²) in [6, 6.07) is 9.90. The molecule has 2 aromatic rings. The van der Waals surface area contributed by atoms with Gasteiger partial charge in [-0.1, -0.05) is 22.0 Å². The summed E-state index contributed by atoms with van der Waals surface area (Å²) in [6.07, 6.45) is 1.78. The van der Waals surface area contributed by atoms with Crippen molar-refractivity contribution in [3.63, 3.8) is 0 Å². The van der Waals surface area contributed by atoms with Crippen LogP contribution < -0.4 is 10.1 Å². The Kier molecular flexibility index (Phi) is 4.20. The van der Waals surface area contributed by atoms with Crippen molar-refractivity contribution < 1.29 is 4.74 Å². The number of pyridine rings is 1. The van der Waals surface area contributed by atoms with E-state index in [0.717, 1.165) is 27.2 Å². The van der Waals surface area contributed by atoms with Gasteiger partial charge < -0.3 is 10.1 Å². The number of halogens is 1. The molecule has 0 bridgehead atoms. The Hall–Kier alpha value is -1.55. The molecule has 18 heavy (non-hydrogen) atoms. The summed E-state index contributed by atoms with van der Waals surface area (Å²) in [4.78, 5) is 4.28. The first-order valence-electron chi connectivity index (χ1n) is 5.70. The number of ether oxygens (including phenoxy) is 1. The lowest BCUT2D eigenvalue weighted by Gasteiger charge is -2.09. The monoisotopic (exact) mass is 306 g/mol. The van der Waals surface area contributed by atoms with Crippen LogP contribution >= 0.6 is 15.9 Å². The summed E-state index contributed by atoms with van der Waals surface area (Å²) in [5.74, 6) is 0.876. The van der Waals surface area contributed by atoms with E-state index < -0.39 is 0 Å². The highest BCUT2D eigenvalue weighted by molar-refractivity contribution is 9.10. The van der Waals surface area contributed by atoms with Crippen LogP contribution in [-0.4, -0.2) is 12.0 Å². The predicted molar refractivity (Wildman–Crippen MR) is 77.0 cm³/mol. The highest BCUT2D eigenvalue weighted by atomic mass is 79.9. The van der Waals surface area contributed by atoms with E-state index in [4.69, 9.17) is 4.74 Å². The Balaban J connectivity index is 2.08. The van der Waals surface area contributed by atoms with Crippen molar-refractivity contribution in [3.8, 4) is 5.75 Å². The van der Waals surface area contributed by atoms with Gasteiger partial charge in [0.1, 0.15) is 12.4 Å². The first-order valence-corrected chi connectivity index (χ1v) is 6.50. The normalized spacial score (nSPS) is 10.2. The maximum Gasteiger partial charge on any atom is 0.130 e. The van der Waals surface area contributed by atoms with Crippen molar-refractivity contribution in [1.29, 1.82) is 0 Å². The third kappa shape index (κ3) is 3.23. The lowest BCUT2D eigenvalue weighted by atomic mass is 10.2. The van der Waals surface area contributed by atoms with Gasteiger partial charge in [-0.15, -0.1) is 0 Å². The molecule has 0 amide bonds. The van der Waals surface area contributed by atoms with Crippen molar-refractivity contribution in [1.82, 2.24) is 4.98 Å². The second-order valence-electron chi connectivity index (χ2n) is 3.98. The predicted octanol–water partition coefficient (Wildman–Crippen LogP) is 3.77. The number of nitrogens with zero attached hydrogens (tertiary/aromatic N) is 1. The number of hydrogen-bond acceptors (Lipinski definition) is 3. The molecule has 2 rings (SSSR count). The van der Waals surface area contributed by atoms with Crippen LogP contribution in [0.3, 0.4) is 0 Å². The molecule has 1 aromatic carbocycles. The fourth-order valence-corrected chi connectivity index (χ4v) is 1.93. The van der Waals surface area contributed by atoms with Crippen LogP contribution in [0, 0.1) is 6.92 Å². The highest BCUT2D eigenvalue weighted by Gasteiger charge is 2.02. The molecule has 0 aliphatic carbocycles. The van der Waals surface area contributed by atoms with Crippen molar-refractivity contribution in [2.75, 3.05) is 12.4 Å². The van der Waals surface area contributed by atoms with Crippen molar-refractivity contribution >= 4 is 21.6 Å². The maximum absolute atomic E-state index is 5.78. The van der Waals surface area contributed by atoms with Gasteiger partial charge in [-0.3, -0.25) is 4.98 Å². The molecule has 0 aliphatic heterocycles. The Morgan fingerprint density at radius 3 is 2.89 bits per heavy atom. The number of nitrogens with one attached hydrogen (secondary N) is 1. The van der Waals surface area contributed by atoms with Gasteiger partial charge in [0, 0.05) is 23.4 Å². The topological polar surface area (TPSA) is 34.2 Å². The molecule has 3 nitrogen and oxygen atoms in total. The molecule has 0 spiro atoms. The van der Waals surface area contributed by atoms with Crippen molar-refractivity contribution in [2.45, 2.75) is 13.5 Å². The summed E-state index contributed by atoms with van der Waals surface area (Å²) >= 11 is 3.44.